The van der Waals surface area contributed by atoms with E-state index in [0.29, 0.717) is 0 Å². The number of hydrogen-bond acceptors (Lipinski definition) is 2. The van der Waals surface area contributed by atoms with E-state index in [0.717, 1.165) is 12.8 Å². The van der Waals surface area contributed by atoms with Gasteiger partial charge in [-0.3, -0.25) is 0 Å². The number of rotatable bonds is 8. The molecular weight excluding hydrogens is 204 g/mol. The Balaban J connectivity index is 3.54. The van der Waals surface area contributed by atoms with Gasteiger partial charge >= 0.3 is 6.03 Å². The Labute approximate surface area is 98.8 Å². The third-order valence-corrected chi connectivity index (χ3v) is 2.52. The van der Waals surface area contributed by atoms with Crippen LogP contribution in [0.3, 0.4) is 0 Å². The van der Waals surface area contributed by atoms with E-state index in [9.17, 15) is 4.79 Å². The second-order valence-electron chi connectivity index (χ2n) is 4.45. The summed E-state index contributed by atoms with van der Waals surface area (Å²) in [7, 11) is 0. The summed E-state index contributed by atoms with van der Waals surface area (Å²) in [6.07, 6.45) is 5.90. The van der Waals surface area contributed by atoms with Crippen LogP contribution >= 0.6 is 0 Å². The molecule has 0 radical (unpaired) electrons. The summed E-state index contributed by atoms with van der Waals surface area (Å²) in [5, 5.41) is 14.3. The smallest absolute Gasteiger partial charge is 0.315 e. The van der Waals surface area contributed by atoms with Crippen molar-refractivity contribution in [1.82, 2.24) is 10.6 Å². The molecule has 0 aromatic heterocycles. The van der Waals surface area contributed by atoms with Crippen LogP contribution in [0.2, 0.25) is 0 Å². The number of carbonyl (C=O) groups excluding carboxylic acids is 1. The van der Waals surface area contributed by atoms with Crippen LogP contribution in [-0.2, 0) is 0 Å². The van der Waals surface area contributed by atoms with Gasteiger partial charge in [0, 0.05) is 6.04 Å². The lowest BCUT2D eigenvalue weighted by molar-refractivity contribution is 0.217. The van der Waals surface area contributed by atoms with Gasteiger partial charge in [0.15, 0.2) is 0 Å². The van der Waals surface area contributed by atoms with E-state index in [1.807, 2.05) is 6.92 Å². The maximum absolute atomic E-state index is 11.4. The molecule has 0 saturated heterocycles. The van der Waals surface area contributed by atoms with Crippen LogP contribution in [0.25, 0.3) is 0 Å². The molecule has 3 N–H and O–H groups in total. The minimum absolute atomic E-state index is 0.0295. The third-order valence-electron chi connectivity index (χ3n) is 2.52. The van der Waals surface area contributed by atoms with Gasteiger partial charge in [0.25, 0.3) is 0 Å². The summed E-state index contributed by atoms with van der Waals surface area (Å²) >= 11 is 0. The molecule has 2 unspecified atom stereocenters. The van der Waals surface area contributed by atoms with E-state index in [1.54, 1.807) is 6.92 Å². The maximum Gasteiger partial charge on any atom is 0.315 e. The minimum atomic E-state index is -0.190. The molecule has 0 aliphatic carbocycles. The molecule has 0 aromatic rings. The highest BCUT2D eigenvalue weighted by Gasteiger charge is 2.08. The van der Waals surface area contributed by atoms with Crippen molar-refractivity contribution in [2.75, 3.05) is 6.61 Å². The molecule has 0 rings (SSSR count). The van der Waals surface area contributed by atoms with Crippen molar-refractivity contribution in [3.8, 4) is 0 Å². The van der Waals surface area contributed by atoms with Crippen molar-refractivity contribution in [3.63, 3.8) is 0 Å². The van der Waals surface area contributed by atoms with Crippen LogP contribution in [-0.4, -0.2) is 29.8 Å². The molecule has 16 heavy (non-hydrogen) atoms. The summed E-state index contributed by atoms with van der Waals surface area (Å²) < 4.78 is 0. The summed E-state index contributed by atoms with van der Waals surface area (Å²) in [5.74, 6) is 0. The fraction of sp³-hybridized carbons (Fsp3) is 0.917. The second-order valence-corrected chi connectivity index (χ2v) is 4.45. The average molecular weight is 230 g/mol. The lowest BCUT2D eigenvalue weighted by Crippen LogP contribution is -2.45. The van der Waals surface area contributed by atoms with Gasteiger partial charge in [0.1, 0.15) is 0 Å². The molecule has 0 heterocycles. The quantitative estimate of drug-likeness (QED) is 0.559. The van der Waals surface area contributed by atoms with E-state index in [-0.39, 0.29) is 24.7 Å². The number of amides is 2. The van der Waals surface area contributed by atoms with Crippen molar-refractivity contribution in [3.05, 3.63) is 0 Å². The van der Waals surface area contributed by atoms with E-state index in [1.165, 1.54) is 19.3 Å². The van der Waals surface area contributed by atoms with Crippen LogP contribution in [0, 0.1) is 0 Å². The summed E-state index contributed by atoms with van der Waals surface area (Å²) in [5.41, 5.74) is 0. The molecule has 0 aliphatic heterocycles. The van der Waals surface area contributed by atoms with Crippen molar-refractivity contribution in [2.24, 2.45) is 0 Å². The highest BCUT2D eigenvalue weighted by atomic mass is 16.3. The highest BCUT2D eigenvalue weighted by molar-refractivity contribution is 5.74. The SMILES string of the molecule is CCCCCCC(C)NC(=O)NC(C)CO. The number of unbranched alkanes of at least 4 members (excludes halogenated alkanes) is 3. The Kier molecular flexibility index (Phi) is 9.00. The monoisotopic (exact) mass is 230 g/mol. The first-order chi connectivity index (χ1) is 7.60. The molecule has 0 bridgehead atoms. The summed E-state index contributed by atoms with van der Waals surface area (Å²) in [6, 6.07) is -0.181. The van der Waals surface area contributed by atoms with Crippen LogP contribution in [0.1, 0.15) is 52.9 Å². The van der Waals surface area contributed by atoms with E-state index in [4.69, 9.17) is 5.11 Å². The fourth-order valence-electron chi connectivity index (χ4n) is 1.48. The maximum atomic E-state index is 11.4. The van der Waals surface area contributed by atoms with Gasteiger partial charge in [0.2, 0.25) is 0 Å². The van der Waals surface area contributed by atoms with Gasteiger partial charge < -0.3 is 15.7 Å². The first-order valence-corrected chi connectivity index (χ1v) is 6.28. The molecule has 96 valence electrons. The van der Waals surface area contributed by atoms with Gasteiger partial charge in [-0.05, 0) is 20.3 Å². The predicted octanol–water partition coefficient (Wildman–Crippen LogP) is 2.03. The Morgan fingerprint density at radius 1 is 1.12 bits per heavy atom. The van der Waals surface area contributed by atoms with Gasteiger partial charge in [-0.2, -0.15) is 0 Å². The Morgan fingerprint density at radius 2 is 1.75 bits per heavy atom. The molecule has 0 saturated carbocycles. The zero-order chi connectivity index (χ0) is 12.4. The Hall–Kier alpha value is -0.770. The lowest BCUT2D eigenvalue weighted by atomic mass is 10.1. The van der Waals surface area contributed by atoms with Crippen LogP contribution < -0.4 is 10.6 Å². The molecule has 2 amide bonds. The average Bonchev–Trinajstić information content (AvgIpc) is 2.24. The lowest BCUT2D eigenvalue weighted by Gasteiger charge is -2.16. The largest absolute Gasteiger partial charge is 0.394 e. The normalized spacial score (nSPS) is 14.2. The fourth-order valence-corrected chi connectivity index (χ4v) is 1.48. The van der Waals surface area contributed by atoms with Crippen molar-refractivity contribution in [2.45, 2.75) is 65.0 Å². The molecule has 4 nitrogen and oxygen atoms in total. The number of urea groups is 1. The van der Waals surface area contributed by atoms with E-state index < -0.39 is 0 Å². The van der Waals surface area contributed by atoms with Crippen LogP contribution in [0.15, 0.2) is 0 Å². The first-order valence-electron chi connectivity index (χ1n) is 6.28. The molecule has 0 spiro atoms. The van der Waals surface area contributed by atoms with Crippen molar-refractivity contribution >= 4 is 6.03 Å². The number of aliphatic hydroxyl groups is 1. The molecule has 0 fully saturated rings. The zero-order valence-corrected chi connectivity index (χ0v) is 10.8. The standard InChI is InChI=1S/C12H26N2O2/c1-4-5-6-7-8-10(2)13-12(16)14-11(3)9-15/h10-11,15H,4-9H2,1-3H3,(H2,13,14,16). The van der Waals surface area contributed by atoms with Gasteiger partial charge in [-0.15, -0.1) is 0 Å². The van der Waals surface area contributed by atoms with E-state index in [2.05, 4.69) is 17.6 Å². The first kappa shape index (κ1) is 15.2. The molecule has 0 aromatic carbocycles. The number of carbonyl (C=O) groups is 1. The third kappa shape index (κ3) is 8.53. The minimum Gasteiger partial charge on any atom is -0.394 e. The highest BCUT2D eigenvalue weighted by Crippen LogP contribution is 2.04. The van der Waals surface area contributed by atoms with Crippen molar-refractivity contribution in [1.29, 1.82) is 0 Å². The number of nitrogens with one attached hydrogen (secondary N) is 2. The Morgan fingerprint density at radius 3 is 2.31 bits per heavy atom. The van der Waals surface area contributed by atoms with Gasteiger partial charge in [-0.1, -0.05) is 32.6 Å². The zero-order valence-electron chi connectivity index (χ0n) is 10.8. The summed E-state index contributed by atoms with van der Waals surface area (Å²) in [6.45, 7) is 5.93. The van der Waals surface area contributed by atoms with Gasteiger partial charge in [0.05, 0.1) is 12.6 Å². The Bertz CT molecular complexity index is 186. The topological polar surface area (TPSA) is 61.4 Å². The second kappa shape index (κ2) is 9.46. The van der Waals surface area contributed by atoms with Gasteiger partial charge in [-0.25, -0.2) is 4.79 Å². The van der Waals surface area contributed by atoms with E-state index >= 15 is 0 Å². The number of hydrogen-bond donors (Lipinski definition) is 3. The molecular formula is C12H26N2O2. The predicted molar refractivity (Wildman–Crippen MR) is 66.4 cm³/mol. The summed E-state index contributed by atoms with van der Waals surface area (Å²) in [4.78, 5) is 11.4. The van der Waals surface area contributed by atoms with Crippen LogP contribution in [0.4, 0.5) is 4.79 Å². The van der Waals surface area contributed by atoms with Crippen LogP contribution in [0.5, 0.6) is 0 Å². The molecule has 0 aliphatic rings. The number of aliphatic hydroxyl groups excluding tert-OH is 1. The molecule has 4 heteroatoms. The molecule has 2 atom stereocenters. The van der Waals surface area contributed by atoms with Crippen molar-refractivity contribution < 1.29 is 9.90 Å².